The van der Waals surface area contributed by atoms with Crippen molar-refractivity contribution < 1.29 is 4.79 Å². The normalized spacial score (nSPS) is 9.75. The molecule has 0 fully saturated rings. The maximum Gasteiger partial charge on any atom is 0.137 e. The van der Waals surface area contributed by atoms with E-state index in [1.807, 2.05) is 19.1 Å². The van der Waals surface area contributed by atoms with E-state index in [4.69, 9.17) is 0 Å². The summed E-state index contributed by atoms with van der Waals surface area (Å²) in [5, 5.41) is 0. The van der Waals surface area contributed by atoms with Crippen molar-refractivity contribution in [3.8, 4) is 0 Å². The molecule has 0 atom stereocenters. The SMILES string of the molecule is CCCC(=O)Cc1cccnc1. The van der Waals surface area contributed by atoms with Crippen molar-refractivity contribution in [2.75, 3.05) is 0 Å². The van der Waals surface area contributed by atoms with Gasteiger partial charge in [0, 0.05) is 25.2 Å². The molecule has 1 aromatic heterocycles. The maximum atomic E-state index is 11.2. The number of aromatic nitrogens is 1. The van der Waals surface area contributed by atoms with Gasteiger partial charge in [-0.15, -0.1) is 0 Å². The fourth-order valence-electron chi connectivity index (χ4n) is 1.10. The molecule has 12 heavy (non-hydrogen) atoms. The zero-order chi connectivity index (χ0) is 8.81. The summed E-state index contributed by atoms with van der Waals surface area (Å²) in [6.45, 7) is 2.02. The van der Waals surface area contributed by atoms with Crippen LogP contribution in [0.5, 0.6) is 0 Å². The summed E-state index contributed by atoms with van der Waals surface area (Å²) in [5.74, 6) is 0.297. The van der Waals surface area contributed by atoms with Crippen LogP contribution in [0.1, 0.15) is 25.3 Å². The second-order valence-electron chi connectivity index (χ2n) is 2.83. The summed E-state index contributed by atoms with van der Waals surface area (Å²) >= 11 is 0. The highest BCUT2D eigenvalue weighted by atomic mass is 16.1. The lowest BCUT2D eigenvalue weighted by Gasteiger charge is -1.97. The summed E-state index contributed by atoms with van der Waals surface area (Å²) in [6.07, 6.45) is 5.59. The number of carbonyl (C=O) groups excluding carboxylic acids is 1. The van der Waals surface area contributed by atoms with E-state index in [0.717, 1.165) is 12.0 Å². The van der Waals surface area contributed by atoms with E-state index in [9.17, 15) is 4.79 Å². The molecular formula is C10H13NO. The standard InChI is InChI=1S/C10H13NO/c1-2-4-10(12)7-9-5-3-6-11-8-9/h3,5-6,8H,2,4,7H2,1H3. The summed E-state index contributed by atoms with van der Waals surface area (Å²) in [4.78, 5) is 15.1. The van der Waals surface area contributed by atoms with Crippen LogP contribution in [0.25, 0.3) is 0 Å². The molecule has 0 amide bonds. The molecule has 1 heterocycles. The molecule has 64 valence electrons. The molecular weight excluding hydrogens is 150 g/mol. The van der Waals surface area contributed by atoms with E-state index >= 15 is 0 Å². The summed E-state index contributed by atoms with van der Waals surface area (Å²) in [7, 11) is 0. The Morgan fingerprint density at radius 1 is 1.58 bits per heavy atom. The molecule has 0 aliphatic rings. The molecule has 1 rings (SSSR count). The quantitative estimate of drug-likeness (QED) is 0.679. The number of Topliss-reactive ketones (excluding diaryl/α,β-unsaturated/α-hetero) is 1. The van der Waals surface area contributed by atoms with Gasteiger partial charge in [0.05, 0.1) is 0 Å². The van der Waals surface area contributed by atoms with Gasteiger partial charge < -0.3 is 0 Å². The average molecular weight is 163 g/mol. The van der Waals surface area contributed by atoms with Gasteiger partial charge in [-0.05, 0) is 18.1 Å². The van der Waals surface area contributed by atoms with E-state index < -0.39 is 0 Å². The highest BCUT2D eigenvalue weighted by Crippen LogP contribution is 2.00. The molecule has 0 radical (unpaired) electrons. The second kappa shape index (κ2) is 4.65. The van der Waals surface area contributed by atoms with Crippen LogP contribution in [0, 0.1) is 0 Å². The fourth-order valence-corrected chi connectivity index (χ4v) is 1.10. The van der Waals surface area contributed by atoms with Crippen LogP contribution in [0.4, 0.5) is 0 Å². The third-order valence-electron chi connectivity index (χ3n) is 1.65. The molecule has 0 spiro atoms. The molecule has 0 aromatic carbocycles. The summed E-state index contributed by atoms with van der Waals surface area (Å²) in [5.41, 5.74) is 1.01. The Balaban J connectivity index is 2.47. The second-order valence-corrected chi connectivity index (χ2v) is 2.83. The number of nitrogens with zero attached hydrogens (tertiary/aromatic N) is 1. The predicted octanol–water partition coefficient (Wildman–Crippen LogP) is 1.99. The van der Waals surface area contributed by atoms with Crippen LogP contribution < -0.4 is 0 Å². The minimum Gasteiger partial charge on any atom is -0.299 e. The lowest BCUT2D eigenvalue weighted by Crippen LogP contribution is -2.01. The van der Waals surface area contributed by atoms with Gasteiger partial charge in [0.2, 0.25) is 0 Å². The Labute approximate surface area is 72.6 Å². The molecule has 2 heteroatoms. The Hall–Kier alpha value is -1.18. The van der Waals surface area contributed by atoms with E-state index in [-0.39, 0.29) is 0 Å². The van der Waals surface area contributed by atoms with Gasteiger partial charge in [-0.1, -0.05) is 13.0 Å². The van der Waals surface area contributed by atoms with E-state index in [1.165, 1.54) is 0 Å². The number of pyridine rings is 1. The van der Waals surface area contributed by atoms with Crippen LogP contribution in [0.15, 0.2) is 24.5 Å². The number of hydrogen-bond acceptors (Lipinski definition) is 2. The van der Waals surface area contributed by atoms with Gasteiger partial charge >= 0.3 is 0 Å². The highest BCUT2D eigenvalue weighted by Gasteiger charge is 2.00. The first-order valence-electron chi connectivity index (χ1n) is 4.23. The highest BCUT2D eigenvalue weighted by molar-refractivity contribution is 5.80. The number of carbonyl (C=O) groups is 1. The fraction of sp³-hybridized carbons (Fsp3) is 0.400. The van der Waals surface area contributed by atoms with Crippen LogP contribution in [-0.4, -0.2) is 10.8 Å². The Bertz CT molecular complexity index is 243. The Kier molecular flexibility index (Phi) is 3.45. The smallest absolute Gasteiger partial charge is 0.137 e. The van der Waals surface area contributed by atoms with Crippen molar-refractivity contribution in [1.82, 2.24) is 4.98 Å². The molecule has 0 bridgehead atoms. The average Bonchev–Trinajstić information content (AvgIpc) is 2.06. The van der Waals surface area contributed by atoms with Gasteiger partial charge in [0.1, 0.15) is 5.78 Å². The lowest BCUT2D eigenvalue weighted by molar-refractivity contribution is -0.118. The van der Waals surface area contributed by atoms with Crippen LogP contribution in [0.3, 0.4) is 0 Å². The Morgan fingerprint density at radius 3 is 3.00 bits per heavy atom. The number of ketones is 1. The molecule has 0 aliphatic heterocycles. The molecule has 2 nitrogen and oxygen atoms in total. The first-order valence-corrected chi connectivity index (χ1v) is 4.23. The van der Waals surface area contributed by atoms with Gasteiger partial charge in [-0.3, -0.25) is 9.78 Å². The van der Waals surface area contributed by atoms with Gasteiger partial charge in [0.15, 0.2) is 0 Å². The van der Waals surface area contributed by atoms with Crippen molar-refractivity contribution >= 4 is 5.78 Å². The summed E-state index contributed by atoms with van der Waals surface area (Å²) in [6, 6.07) is 3.79. The van der Waals surface area contributed by atoms with Crippen LogP contribution in [0.2, 0.25) is 0 Å². The van der Waals surface area contributed by atoms with Crippen LogP contribution in [-0.2, 0) is 11.2 Å². The molecule has 0 saturated heterocycles. The number of hydrogen-bond donors (Lipinski definition) is 0. The van der Waals surface area contributed by atoms with Gasteiger partial charge in [-0.2, -0.15) is 0 Å². The molecule has 0 saturated carbocycles. The maximum absolute atomic E-state index is 11.2. The zero-order valence-corrected chi connectivity index (χ0v) is 7.29. The van der Waals surface area contributed by atoms with E-state index in [1.54, 1.807) is 12.4 Å². The topological polar surface area (TPSA) is 30.0 Å². The molecule has 0 aliphatic carbocycles. The van der Waals surface area contributed by atoms with Crippen molar-refractivity contribution in [3.63, 3.8) is 0 Å². The molecule has 1 aromatic rings. The van der Waals surface area contributed by atoms with Gasteiger partial charge in [-0.25, -0.2) is 0 Å². The minimum absolute atomic E-state index is 0.297. The van der Waals surface area contributed by atoms with Crippen molar-refractivity contribution in [1.29, 1.82) is 0 Å². The monoisotopic (exact) mass is 163 g/mol. The van der Waals surface area contributed by atoms with Crippen LogP contribution >= 0.6 is 0 Å². The van der Waals surface area contributed by atoms with Crippen molar-refractivity contribution in [3.05, 3.63) is 30.1 Å². The third kappa shape index (κ3) is 2.82. The first-order chi connectivity index (χ1) is 5.83. The minimum atomic E-state index is 0.297. The molecule has 0 N–H and O–H groups in total. The zero-order valence-electron chi connectivity index (χ0n) is 7.29. The largest absolute Gasteiger partial charge is 0.299 e. The van der Waals surface area contributed by atoms with E-state index in [0.29, 0.717) is 18.6 Å². The predicted molar refractivity (Wildman–Crippen MR) is 47.9 cm³/mol. The Morgan fingerprint density at radius 2 is 2.42 bits per heavy atom. The third-order valence-corrected chi connectivity index (χ3v) is 1.65. The summed E-state index contributed by atoms with van der Waals surface area (Å²) < 4.78 is 0. The first kappa shape index (κ1) is 8.91. The number of rotatable bonds is 4. The lowest BCUT2D eigenvalue weighted by atomic mass is 10.1. The molecule has 0 unspecified atom stereocenters. The van der Waals surface area contributed by atoms with Crippen molar-refractivity contribution in [2.24, 2.45) is 0 Å². The van der Waals surface area contributed by atoms with E-state index in [2.05, 4.69) is 4.98 Å². The van der Waals surface area contributed by atoms with Gasteiger partial charge in [0.25, 0.3) is 0 Å². The van der Waals surface area contributed by atoms with Crippen molar-refractivity contribution in [2.45, 2.75) is 26.2 Å².